The standard InChI is InChI=1S/C28H37ClN4O5/c1-6-30-27(36)24(17(2)3)33-25(34)18(4)31-16-23(12-19-10-8-7-9-11-19)32-26(35)20-13-21(28(37)38-5)15-22(29)14-20/h7-11,13-15,17-18,23-24,31H,6,12,16H2,1-5H3,(H,30,36)(H,32,35)(H,33,34)/t18-,23-,24-/m0/s1. The molecule has 3 atom stereocenters. The average Bonchev–Trinajstić information content (AvgIpc) is 2.89. The van der Waals surface area contributed by atoms with Crippen LogP contribution in [0.2, 0.25) is 5.02 Å². The van der Waals surface area contributed by atoms with Gasteiger partial charge >= 0.3 is 5.97 Å². The largest absolute Gasteiger partial charge is 0.465 e. The molecular formula is C28H37ClN4O5. The number of nitrogens with one attached hydrogen (secondary N) is 4. The fraction of sp³-hybridized carbons (Fsp3) is 0.429. The molecule has 3 amide bonds. The van der Waals surface area contributed by atoms with E-state index in [4.69, 9.17) is 16.3 Å². The zero-order valence-corrected chi connectivity index (χ0v) is 23.2. The molecule has 0 saturated carbocycles. The van der Waals surface area contributed by atoms with Crippen LogP contribution in [0.25, 0.3) is 0 Å². The summed E-state index contributed by atoms with van der Waals surface area (Å²) in [6, 6.07) is 12.3. The number of hydrogen-bond donors (Lipinski definition) is 4. The van der Waals surface area contributed by atoms with Gasteiger partial charge < -0.3 is 26.0 Å². The van der Waals surface area contributed by atoms with Crippen molar-refractivity contribution in [1.82, 2.24) is 21.3 Å². The van der Waals surface area contributed by atoms with Crippen molar-refractivity contribution >= 4 is 35.3 Å². The normalized spacial score (nSPS) is 13.2. The number of rotatable bonds is 13. The Bertz CT molecular complexity index is 1110. The number of benzene rings is 2. The van der Waals surface area contributed by atoms with Gasteiger partial charge in [0.1, 0.15) is 6.04 Å². The lowest BCUT2D eigenvalue weighted by atomic mass is 10.0. The lowest BCUT2D eigenvalue weighted by Gasteiger charge is -2.25. The monoisotopic (exact) mass is 544 g/mol. The maximum absolute atomic E-state index is 13.1. The van der Waals surface area contributed by atoms with Gasteiger partial charge in [-0.25, -0.2) is 4.79 Å². The number of methoxy groups -OCH3 is 1. The first-order chi connectivity index (χ1) is 18.0. The molecule has 0 unspecified atom stereocenters. The molecule has 0 spiro atoms. The molecule has 2 aromatic rings. The minimum atomic E-state index is -0.654. The maximum Gasteiger partial charge on any atom is 0.337 e. The number of carbonyl (C=O) groups excluding carboxylic acids is 4. The zero-order valence-electron chi connectivity index (χ0n) is 22.5. The van der Waals surface area contributed by atoms with E-state index in [1.807, 2.05) is 51.1 Å². The molecule has 4 N–H and O–H groups in total. The van der Waals surface area contributed by atoms with Crippen LogP contribution >= 0.6 is 11.6 Å². The van der Waals surface area contributed by atoms with Gasteiger partial charge in [0, 0.05) is 29.7 Å². The second-order valence-electron chi connectivity index (χ2n) is 9.34. The molecule has 10 heteroatoms. The van der Waals surface area contributed by atoms with E-state index in [-0.39, 0.29) is 40.4 Å². The Balaban J connectivity index is 2.14. The highest BCUT2D eigenvalue weighted by molar-refractivity contribution is 6.31. The van der Waals surface area contributed by atoms with Crippen LogP contribution in [0.4, 0.5) is 0 Å². The van der Waals surface area contributed by atoms with Crippen molar-refractivity contribution in [2.24, 2.45) is 5.92 Å². The van der Waals surface area contributed by atoms with E-state index in [0.29, 0.717) is 13.0 Å². The van der Waals surface area contributed by atoms with Crippen molar-refractivity contribution < 1.29 is 23.9 Å². The van der Waals surface area contributed by atoms with Crippen LogP contribution in [0, 0.1) is 5.92 Å². The van der Waals surface area contributed by atoms with E-state index < -0.39 is 30.0 Å². The fourth-order valence-corrected chi connectivity index (χ4v) is 4.04. The van der Waals surface area contributed by atoms with Crippen LogP contribution in [0.5, 0.6) is 0 Å². The molecule has 0 aliphatic carbocycles. The van der Waals surface area contributed by atoms with Crippen LogP contribution in [-0.2, 0) is 20.7 Å². The van der Waals surface area contributed by atoms with Gasteiger partial charge in [-0.1, -0.05) is 55.8 Å². The molecule has 0 bridgehead atoms. The minimum Gasteiger partial charge on any atom is -0.465 e. The van der Waals surface area contributed by atoms with E-state index in [2.05, 4.69) is 21.3 Å². The fourth-order valence-electron chi connectivity index (χ4n) is 3.81. The van der Waals surface area contributed by atoms with E-state index in [1.165, 1.54) is 25.3 Å². The molecule has 206 valence electrons. The number of carbonyl (C=O) groups is 4. The summed E-state index contributed by atoms with van der Waals surface area (Å²) in [5.41, 5.74) is 1.37. The number of ether oxygens (including phenoxy) is 1. The first kappa shape index (κ1) is 30.8. The molecule has 0 aliphatic rings. The molecule has 2 rings (SSSR count). The average molecular weight is 545 g/mol. The molecule has 38 heavy (non-hydrogen) atoms. The second-order valence-corrected chi connectivity index (χ2v) is 9.77. The van der Waals surface area contributed by atoms with Crippen LogP contribution in [0.1, 0.15) is 54.0 Å². The van der Waals surface area contributed by atoms with Gasteiger partial charge in [0.05, 0.1) is 18.7 Å². The van der Waals surface area contributed by atoms with Gasteiger partial charge in [-0.2, -0.15) is 0 Å². The van der Waals surface area contributed by atoms with Crippen molar-refractivity contribution in [2.75, 3.05) is 20.2 Å². The summed E-state index contributed by atoms with van der Waals surface area (Å²) in [6.45, 7) is 8.00. The van der Waals surface area contributed by atoms with Crippen molar-refractivity contribution in [3.05, 3.63) is 70.2 Å². The lowest BCUT2D eigenvalue weighted by molar-refractivity contribution is -0.130. The summed E-state index contributed by atoms with van der Waals surface area (Å²) in [5, 5.41) is 11.9. The van der Waals surface area contributed by atoms with Gasteiger partial charge in [0.15, 0.2) is 0 Å². The van der Waals surface area contributed by atoms with E-state index in [0.717, 1.165) is 5.56 Å². The minimum absolute atomic E-state index is 0.0876. The van der Waals surface area contributed by atoms with E-state index in [1.54, 1.807) is 6.92 Å². The molecule has 0 aromatic heterocycles. The lowest BCUT2D eigenvalue weighted by Crippen LogP contribution is -2.55. The Labute approximate surface area is 229 Å². The number of amides is 3. The molecule has 2 aromatic carbocycles. The molecular weight excluding hydrogens is 508 g/mol. The Morgan fingerprint density at radius 3 is 2.18 bits per heavy atom. The Hall–Kier alpha value is -3.43. The molecule has 0 heterocycles. The smallest absolute Gasteiger partial charge is 0.337 e. The molecule has 0 saturated heterocycles. The van der Waals surface area contributed by atoms with Crippen molar-refractivity contribution in [1.29, 1.82) is 0 Å². The number of hydrogen-bond acceptors (Lipinski definition) is 6. The third kappa shape index (κ3) is 9.46. The Morgan fingerprint density at radius 2 is 1.58 bits per heavy atom. The van der Waals surface area contributed by atoms with Gasteiger partial charge in [0.2, 0.25) is 11.8 Å². The van der Waals surface area contributed by atoms with Crippen molar-refractivity contribution in [3.8, 4) is 0 Å². The zero-order chi connectivity index (χ0) is 28.2. The third-order valence-electron chi connectivity index (χ3n) is 5.90. The molecule has 0 fully saturated rings. The predicted molar refractivity (Wildman–Crippen MR) is 147 cm³/mol. The summed E-state index contributed by atoms with van der Waals surface area (Å²) < 4.78 is 4.74. The Kier molecular flexibility index (Phi) is 12.2. The molecule has 9 nitrogen and oxygen atoms in total. The van der Waals surface area contributed by atoms with E-state index in [9.17, 15) is 19.2 Å². The van der Waals surface area contributed by atoms with Gasteiger partial charge in [0.25, 0.3) is 5.91 Å². The number of likely N-dealkylation sites (N-methyl/N-ethyl adjacent to an activating group) is 1. The first-order valence-electron chi connectivity index (χ1n) is 12.6. The highest BCUT2D eigenvalue weighted by Gasteiger charge is 2.26. The SMILES string of the molecule is CCNC(=O)[C@@H](NC(=O)[C@H](C)NC[C@H](Cc1ccccc1)NC(=O)c1cc(Cl)cc(C(=O)OC)c1)C(C)C. The van der Waals surface area contributed by atoms with Gasteiger partial charge in [-0.15, -0.1) is 0 Å². The van der Waals surface area contributed by atoms with Crippen molar-refractivity contribution in [2.45, 2.75) is 52.2 Å². The van der Waals surface area contributed by atoms with Crippen LogP contribution in [0.3, 0.4) is 0 Å². The Morgan fingerprint density at radius 1 is 0.921 bits per heavy atom. The summed E-state index contributed by atoms with van der Waals surface area (Å²) in [6.07, 6.45) is 0.492. The molecule has 0 aliphatic heterocycles. The van der Waals surface area contributed by atoms with Gasteiger partial charge in [-0.3, -0.25) is 14.4 Å². The summed E-state index contributed by atoms with van der Waals surface area (Å²) in [7, 11) is 1.25. The third-order valence-corrected chi connectivity index (χ3v) is 6.12. The predicted octanol–water partition coefficient (Wildman–Crippen LogP) is 2.72. The number of esters is 1. The second kappa shape index (κ2) is 15.1. The van der Waals surface area contributed by atoms with Gasteiger partial charge in [-0.05, 0) is 49.9 Å². The maximum atomic E-state index is 13.1. The molecule has 0 radical (unpaired) electrons. The summed E-state index contributed by atoms with van der Waals surface area (Å²) in [5.74, 6) is -1.66. The van der Waals surface area contributed by atoms with Crippen LogP contribution < -0.4 is 21.3 Å². The van der Waals surface area contributed by atoms with E-state index >= 15 is 0 Å². The number of halogens is 1. The highest BCUT2D eigenvalue weighted by atomic mass is 35.5. The summed E-state index contributed by atoms with van der Waals surface area (Å²) in [4.78, 5) is 50.3. The topological polar surface area (TPSA) is 126 Å². The summed E-state index contributed by atoms with van der Waals surface area (Å²) >= 11 is 6.13. The van der Waals surface area contributed by atoms with Crippen LogP contribution in [0.15, 0.2) is 48.5 Å². The first-order valence-corrected chi connectivity index (χ1v) is 13.0. The van der Waals surface area contributed by atoms with Crippen molar-refractivity contribution in [3.63, 3.8) is 0 Å². The highest BCUT2D eigenvalue weighted by Crippen LogP contribution is 2.16. The van der Waals surface area contributed by atoms with Crippen LogP contribution in [-0.4, -0.2) is 62.0 Å². The quantitative estimate of drug-likeness (QED) is 0.287.